The van der Waals surface area contributed by atoms with Crippen LogP contribution >= 0.6 is 15.9 Å². The molecule has 2 rings (SSSR count). The number of aromatic carboxylic acids is 1. The fourth-order valence-electron chi connectivity index (χ4n) is 2.28. The van der Waals surface area contributed by atoms with E-state index in [2.05, 4.69) is 15.9 Å². The maximum atomic E-state index is 12.5. The Kier molecular flexibility index (Phi) is 3.53. The molecule has 1 aromatic rings. The molecular formula is C11H14BrNO5S. The molecule has 0 bridgehead atoms. The van der Waals surface area contributed by atoms with Gasteiger partial charge in [-0.1, -0.05) is 0 Å². The fourth-order valence-corrected chi connectivity index (χ4v) is 5.03. The van der Waals surface area contributed by atoms with Gasteiger partial charge in [0.05, 0.1) is 0 Å². The van der Waals surface area contributed by atoms with Crippen LogP contribution in [0.5, 0.6) is 0 Å². The number of carboxylic acid groups (broad SMARTS) is 1. The minimum atomic E-state index is -3.76. The number of rotatable bonds is 3. The van der Waals surface area contributed by atoms with Crippen molar-refractivity contribution in [3.8, 4) is 0 Å². The predicted molar refractivity (Wildman–Crippen MR) is 70.6 cm³/mol. The highest BCUT2D eigenvalue weighted by Crippen LogP contribution is 2.37. The van der Waals surface area contributed by atoms with E-state index in [-0.39, 0.29) is 9.56 Å². The van der Waals surface area contributed by atoms with Crippen LogP contribution in [0.3, 0.4) is 0 Å². The summed E-state index contributed by atoms with van der Waals surface area (Å²) in [6.45, 7) is 4.13. The first-order valence-electron chi connectivity index (χ1n) is 5.72. The van der Waals surface area contributed by atoms with Gasteiger partial charge in [-0.05, 0) is 42.6 Å². The van der Waals surface area contributed by atoms with Gasteiger partial charge in [0.2, 0.25) is 15.8 Å². The molecule has 106 valence electrons. The van der Waals surface area contributed by atoms with Gasteiger partial charge in [-0.25, -0.2) is 13.2 Å². The highest BCUT2D eigenvalue weighted by Gasteiger charge is 2.42. The standard InChI is InChI=1S/C11H14BrNO5S/c1-11(2)4-3-5-13(11)19(16,17)8-6-7(10(14)15)18-9(8)12/h6H,3-5H2,1-2H3,(H,14,15). The van der Waals surface area contributed by atoms with Crippen LogP contribution in [-0.4, -0.2) is 35.9 Å². The SMILES string of the molecule is CC1(C)CCCN1S(=O)(=O)c1cc(C(=O)O)oc1Br. The smallest absolute Gasteiger partial charge is 0.371 e. The van der Waals surface area contributed by atoms with Crippen molar-refractivity contribution in [2.45, 2.75) is 37.1 Å². The maximum Gasteiger partial charge on any atom is 0.371 e. The average Bonchev–Trinajstić information content (AvgIpc) is 2.81. The Hall–Kier alpha value is -0.860. The Morgan fingerprint density at radius 1 is 1.53 bits per heavy atom. The number of hydrogen-bond donors (Lipinski definition) is 1. The van der Waals surface area contributed by atoms with E-state index >= 15 is 0 Å². The van der Waals surface area contributed by atoms with Gasteiger partial charge in [-0.3, -0.25) is 0 Å². The van der Waals surface area contributed by atoms with E-state index < -0.39 is 27.3 Å². The third kappa shape index (κ3) is 2.44. The number of sulfonamides is 1. The molecule has 19 heavy (non-hydrogen) atoms. The predicted octanol–water partition coefficient (Wildman–Crippen LogP) is 2.30. The van der Waals surface area contributed by atoms with Crippen molar-refractivity contribution in [2.75, 3.05) is 6.54 Å². The summed E-state index contributed by atoms with van der Waals surface area (Å²) in [7, 11) is -3.76. The molecule has 8 heteroatoms. The minimum Gasteiger partial charge on any atom is -0.475 e. The Morgan fingerprint density at radius 2 is 2.16 bits per heavy atom. The summed E-state index contributed by atoms with van der Waals surface area (Å²) < 4.78 is 31.3. The number of halogens is 1. The first kappa shape index (κ1) is 14.5. The van der Waals surface area contributed by atoms with E-state index in [4.69, 9.17) is 9.52 Å². The van der Waals surface area contributed by atoms with Crippen molar-refractivity contribution < 1.29 is 22.7 Å². The molecular weight excluding hydrogens is 338 g/mol. The van der Waals surface area contributed by atoms with E-state index in [0.29, 0.717) is 6.54 Å². The highest BCUT2D eigenvalue weighted by molar-refractivity contribution is 9.10. The molecule has 0 atom stereocenters. The molecule has 1 saturated heterocycles. The van der Waals surface area contributed by atoms with E-state index in [1.807, 2.05) is 13.8 Å². The number of carboxylic acids is 1. The molecule has 1 aromatic heterocycles. The first-order chi connectivity index (χ1) is 8.66. The molecule has 0 aromatic carbocycles. The van der Waals surface area contributed by atoms with Gasteiger partial charge in [0.1, 0.15) is 4.90 Å². The molecule has 0 saturated carbocycles. The quantitative estimate of drug-likeness (QED) is 0.902. The summed E-state index contributed by atoms with van der Waals surface area (Å²) in [5, 5.41) is 8.83. The number of furan rings is 1. The van der Waals surface area contributed by atoms with Gasteiger partial charge in [-0.15, -0.1) is 0 Å². The summed E-state index contributed by atoms with van der Waals surface area (Å²) >= 11 is 2.97. The highest BCUT2D eigenvalue weighted by atomic mass is 79.9. The van der Waals surface area contributed by atoms with Crippen LogP contribution in [0.4, 0.5) is 0 Å². The van der Waals surface area contributed by atoms with Crippen LogP contribution in [0.15, 0.2) is 20.0 Å². The van der Waals surface area contributed by atoms with E-state index in [0.717, 1.165) is 18.9 Å². The molecule has 1 aliphatic heterocycles. The van der Waals surface area contributed by atoms with E-state index in [1.54, 1.807) is 0 Å². The van der Waals surface area contributed by atoms with Crippen molar-refractivity contribution in [3.05, 3.63) is 16.5 Å². The van der Waals surface area contributed by atoms with Crippen LogP contribution in [0.2, 0.25) is 0 Å². The van der Waals surface area contributed by atoms with Crippen molar-refractivity contribution >= 4 is 31.9 Å². The van der Waals surface area contributed by atoms with Crippen LogP contribution in [-0.2, 0) is 10.0 Å². The van der Waals surface area contributed by atoms with Gasteiger partial charge in [0.25, 0.3) is 0 Å². The molecule has 0 radical (unpaired) electrons. The molecule has 0 spiro atoms. The van der Waals surface area contributed by atoms with Crippen LogP contribution in [0.25, 0.3) is 0 Å². The van der Waals surface area contributed by atoms with Crippen molar-refractivity contribution in [1.29, 1.82) is 0 Å². The minimum absolute atomic E-state index is 0.0763. The third-order valence-electron chi connectivity index (χ3n) is 3.26. The third-order valence-corrected chi connectivity index (χ3v) is 6.23. The zero-order chi connectivity index (χ0) is 14.4. The number of hydrogen-bond acceptors (Lipinski definition) is 4. The van der Waals surface area contributed by atoms with E-state index in [9.17, 15) is 13.2 Å². The molecule has 0 amide bonds. The number of carbonyl (C=O) groups is 1. The Labute approximate surface area is 119 Å². The second-order valence-corrected chi connectivity index (χ2v) is 7.60. The zero-order valence-electron chi connectivity index (χ0n) is 10.5. The van der Waals surface area contributed by atoms with Crippen LogP contribution in [0, 0.1) is 0 Å². The second-order valence-electron chi connectivity index (χ2n) is 5.05. The van der Waals surface area contributed by atoms with Gasteiger partial charge in [-0.2, -0.15) is 4.31 Å². The fraction of sp³-hybridized carbons (Fsp3) is 0.545. The van der Waals surface area contributed by atoms with E-state index in [1.165, 1.54) is 4.31 Å². The van der Waals surface area contributed by atoms with Crippen molar-refractivity contribution in [3.63, 3.8) is 0 Å². The zero-order valence-corrected chi connectivity index (χ0v) is 12.9. The molecule has 1 N–H and O–H groups in total. The molecule has 0 unspecified atom stereocenters. The lowest BCUT2D eigenvalue weighted by molar-refractivity contribution is 0.0661. The summed E-state index contributed by atoms with van der Waals surface area (Å²) in [4.78, 5) is 10.7. The molecule has 0 aliphatic carbocycles. The lowest BCUT2D eigenvalue weighted by Gasteiger charge is -2.30. The van der Waals surface area contributed by atoms with Gasteiger partial charge < -0.3 is 9.52 Å². The summed E-state index contributed by atoms with van der Waals surface area (Å²) in [6, 6.07) is 1.04. The summed E-state index contributed by atoms with van der Waals surface area (Å²) in [5.74, 6) is -1.70. The Bertz CT molecular complexity index is 619. The second kappa shape index (κ2) is 4.60. The van der Waals surface area contributed by atoms with Crippen LogP contribution < -0.4 is 0 Å². The van der Waals surface area contributed by atoms with Crippen molar-refractivity contribution in [2.24, 2.45) is 0 Å². The van der Waals surface area contributed by atoms with Gasteiger partial charge in [0.15, 0.2) is 4.67 Å². The van der Waals surface area contributed by atoms with Crippen molar-refractivity contribution in [1.82, 2.24) is 4.31 Å². The molecule has 1 aliphatic rings. The summed E-state index contributed by atoms with van der Waals surface area (Å²) in [5.41, 5.74) is -0.473. The van der Waals surface area contributed by atoms with Gasteiger partial charge >= 0.3 is 5.97 Å². The van der Waals surface area contributed by atoms with Crippen LogP contribution in [0.1, 0.15) is 37.2 Å². The monoisotopic (exact) mass is 351 g/mol. The average molecular weight is 352 g/mol. The Morgan fingerprint density at radius 3 is 2.58 bits per heavy atom. The molecule has 1 fully saturated rings. The maximum absolute atomic E-state index is 12.5. The van der Waals surface area contributed by atoms with Gasteiger partial charge in [0, 0.05) is 18.2 Å². The topological polar surface area (TPSA) is 87.8 Å². The largest absolute Gasteiger partial charge is 0.475 e. The normalized spacial score (nSPS) is 19.7. The number of nitrogens with zero attached hydrogens (tertiary/aromatic N) is 1. The lowest BCUT2D eigenvalue weighted by Crippen LogP contribution is -2.42. The Balaban J connectivity index is 2.48. The molecule has 2 heterocycles. The first-order valence-corrected chi connectivity index (χ1v) is 7.95. The summed E-state index contributed by atoms with van der Waals surface area (Å²) in [6.07, 6.45) is 1.56. The molecule has 6 nitrogen and oxygen atoms in total. The lowest BCUT2D eigenvalue weighted by atomic mass is 10.0.